The molecule has 0 amide bonds. The SMILES string of the molecule is CC(C)(C)C(C)(O)Cc1ccccc1Cl. The van der Waals surface area contributed by atoms with Crippen LogP contribution in [0.15, 0.2) is 24.3 Å². The maximum Gasteiger partial charge on any atom is 0.0708 e. The van der Waals surface area contributed by atoms with Gasteiger partial charge in [0.2, 0.25) is 0 Å². The monoisotopic (exact) mass is 226 g/mol. The van der Waals surface area contributed by atoms with Gasteiger partial charge in [0, 0.05) is 11.4 Å². The van der Waals surface area contributed by atoms with Crippen molar-refractivity contribution in [1.82, 2.24) is 0 Å². The first kappa shape index (κ1) is 12.5. The number of hydrogen-bond acceptors (Lipinski definition) is 1. The smallest absolute Gasteiger partial charge is 0.0708 e. The Morgan fingerprint density at radius 1 is 1.13 bits per heavy atom. The normalized spacial score (nSPS) is 16.1. The predicted molar refractivity (Wildman–Crippen MR) is 65.2 cm³/mol. The topological polar surface area (TPSA) is 20.2 Å². The molecule has 1 rings (SSSR count). The molecule has 0 heterocycles. The highest BCUT2D eigenvalue weighted by Crippen LogP contribution is 2.34. The molecule has 2 heteroatoms. The second-order valence-electron chi connectivity index (χ2n) is 5.29. The maximum atomic E-state index is 10.4. The fraction of sp³-hybridized carbons (Fsp3) is 0.538. The van der Waals surface area contributed by atoms with Gasteiger partial charge >= 0.3 is 0 Å². The quantitative estimate of drug-likeness (QED) is 0.816. The molecule has 0 bridgehead atoms. The zero-order chi connectivity index (χ0) is 11.7. The zero-order valence-corrected chi connectivity index (χ0v) is 10.6. The Morgan fingerprint density at radius 2 is 1.67 bits per heavy atom. The number of aliphatic hydroxyl groups is 1. The molecule has 1 atom stereocenters. The molecule has 84 valence electrons. The highest BCUT2D eigenvalue weighted by molar-refractivity contribution is 6.31. The van der Waals surface area contributed by atoms with E-state index in [0.29, 0.717) is 6.42 Å². The van der Waals surface area contributed by atoms with Gasteiger partial charge in [-0.15, -0.1) is 0 Å². The molecule has 0 aliphatic heterocycles. The van der Waals surface area contributed by atoms with E-state index in [0.717, 1.165) is 10.6 Å². The highest BCUT2D eigenvalue weighted by Gasteiger charge is 2.35. The Kier molecular flexibility index (Phi) is 3.47. The summed E-state index contributed by atoms with van der Waals surface area (Å²) in [5.41, 5.74) is 0.0866. The van der Waals surface area contributed by atoms with Gasteiger partial charge in [-0.05, 0) is 24.0 Å². The minimum atomic E-state index is -0.752. The minimum Gasteiger partial charge on any atom is -0.389 e. The van der Waals surface area contributed by atoms with Gasteiger partial charge in [-0.3, -0.25) is 0 Å². The average Bonchev–Trinajstić information content (AvgIpc) is 2.06. The van der Waals surface area contributed by atoms with Crippen LogP contribution in [-0.2, 0) is 6.42 Å². The van der Waals surface area contributed by atoms with Crippen LogP contribution in [0.1, 0.15) is 33.3 Å². The summed E-state index contributed by atoms with van der Waals surface area (Å²) >= 11 is 6.07. The van der Waals surface area contributed by atoms with Gasteiger partial charge in [-0.1, -0.05) is 50.6 Å². The summed E-state index contributed by atoms with van der Waals surface area (Å²) in [6, 6.07) is 7.66. The first-order valence-corrected chi connectivity index (χ1v) is 5.58. The first-order valence-electron chi connectivity index (χ1n) is 5.20. The van der Waals surface area contributed by atoms with Gasteiger partial charge < -0.3 is 5.11 Å². The van der Waals surface area contributed by atoms with Gasteiger partial charge in [0.05, 0.1) is 5.60 Å². The fourth-order valence-corrected chi connectivity index (χ4v) is 1.48. The Morgan fingerprint density at radius 3 is 2.13 bits per heavy atom. The van der Waals surface area contributed by atoms with Crippen molar-refractivity contribution < 1.29 is 5.11 Å². The van der Waals surface area contributed by atoms with Gasteiger partial charge in [0.25, 0.3) is 0 Å². The highest BCUT2D eigenvalue weighted by atomic mass is 35.5. The molecule has 1 aromatic rings. The van der Waals surface area contributed by atoms with E-state index in [-0.39, 0.29) is 5.41 Å². The van der Waals surface area contributed by atoms with Gasteiger partial charge in [-0.25, -0.2) is 0 Å². The second kappa shape index (κ2) is 4.15. The van der Waals surface area contributed by atoms with Gasteiger partial charge in [0.15, 0.2) is 0 Å². The summed E-state index contributed by atoms with van der Waals surface area (Å²) in [5, 5.41) is 11.1. The van der Waals surface area contributed by atoms with Crippen LogP contribution in [-0.4, -0.2) is 10.7 Å². The summed E-state index contributed by atoms with van der Waals surface area (Å²) in [4.78, 5) is 0. The summed E-state index contributed by atoms with van der Waals surface area (Å²) in [7, 11) is 0. The summed E-state index contributed by atoms with van der Waals surface area (Å²) in [6.45, 7) is 7.95. The van der Waals surface area contributed by atoms with Crippen LogP contribution >= 0.6 is 11.6 Å². The molecule has 0 aliphatic carbocycles. The third-order valence-electron chi connectivity index (χ3n) is 3.11. The summed E-state index contributed by atoms with van der Waals surface area (Å²) in [5.74, 6) is 0. The summed E-state index contributed by atoms with van der Waals surface area (Å²) in [6.07, 6.45) is 0.580. The molecule has 1 nitrogen and oxygen atoms in total. The zero-order valence-electron chi connectivity index (χ0n) is 9.84. The van der Waals surface area contributed by atoms with Crippen LogP contribution in [0.2, 0.25) is 5.02 Å². The maximum absolute atomic E-state index is 10.4. The molecule has 0 saturated carbocycles. The standard InChI is InChI=1S/C13H19ClO/c1-12(2,3)13(4,15)9-10-7-5-6-8-11(10)14/h5-8,15H,9H2,1-4H3. The Labute approximate surface area is 97.1 Å². The average molecular weight is 227 g/mol. The van der Waals surface area contributed by atoms with E-state index in [9.17, 15) is 5.11 Å². The van der Waals surface area contributed by atoms with Crippen molar-refractivity contribution in [3.63, 3.8) is 0 Å². The summed E-state index contributed by atoms with van der Waals surface area (Å²) < 4.78 is 0. The predicted octanol–water partition coefficient (Wildman–Crippen LogP) is 3.68. The van der Waals surface area contributed by atoms with E-state index in [1.54, 1.807) is 0 Å². The fourth-order valence-electron chi connectivity index (χ4n) is 1.28. The Bertz CT molecular complexity index is 337. The number of benzene rings is 1. The van der Waals surface area contributed by atoms with Crippen LogP contribution in [0.3, 0.4) is 0 Å². The molecular weight excluding hydrogens is 208 g/mol. The van der Waals surface area contributed by atoms with Gasteiger partial charge in [-0.2, -0.15) is 0 Å². The first-order chi connectivity index (χ1) is 6.74. The van der Waals surface area contributed by atoms with Crippen molar-refractivity contribution >= 4 is 11.6 Å². The molecule has 1 N–H and O–H groups in total. The molecular formula is C13H19ClO. The Hall–Kier alpha value is -0.530. The van der Waals surface area contributed by atoms with Crippen LogP contribution in [0.25, 0.3) is 0 Å². The lowest BCUT2D eigenvalue weighted by Crippen LogP contribution is -2.41. The van der Waals surface area contributed by atoms with Crippen LogP contribution in [0.5, 0.6) is 0 Å². The molecule has 0 aliphatic rings. The molecule has 0 saturated heterocycles. The van der Waals surface area contributed by atoms with E-state index in [1.807, 2.05) is 52.0 Å². The number of rotatable bonds is 2. The van der Waals surface area contributed by atoms with Crippen molar-refractivity contribution in [2.24, 2.45) is 5.41 Å². The lowest BCUT2D eigenvalue weighted by Gasteiger charge is -2.37. The third-order valence-corrected chi connectivity index (χ3v) is 3.48. The van der Waals surface area contributed by atoms with E-state index in [2.05, 4.69) is 0 Å². The number of halogens is 1. The largest absolute Gasteiger partial charge is 0.389 e. The third kappa shape index (κ3) is 2.96. The molecule has 0 radical (unpaired) electrons. The van der Waals surface area contributed by atoms with Crippen molar-refractivity contribution in [1.29, 1.82) is 0 Å². The van der Waals surface area contributed by atoms with Crippen molar-refractivity contribution in [3.05, 3.63) is 34.9 Å². The number of hydrogen-bond donors (Lipinski definition) is 1. The lowest BCUT2D eigenvalue weighted by molar-refractivity contribution is -0.0405. The molecule has 0 spiro atoms. The van der Waals surface area contributed by atoms with Crippen LogP contribution in [0.4, 0.5) is 0 Å². The van der Waals surface area contributed by atoms with Crippen molar-refractivity contribution in [2.45, 2.75) is 39.7 Å². The van der Waals surface area contributed by atoms with Crippen LogP contribution < -0.4 is 0 Å². The van der Waals surface area contributed by atoms with Gasteiger partial charge in [0.1, 0.15) is 0 Å². The second-order valence-corrected chi connectivity index (χ2v) is 5.70. The van der Waals surface area contributed by atoms with E-state index in [1.165, 1.54) is 0 Å². The molecule has 15 heavy (non-hydrogen) atoms. The molecule has 1 aromatic carbocycles. The molecule has 1 unspecified atom stereocenters. The van der Waals surface area contributed by atoms with E-state index in [4.69, 9.17) is 11.6 Å². The Balaban J connectivity index is 2.92. The molecule has 0 aromatic heterocycles. The minimum absolute atomic E-state index is 0.161. The molecule has 0 fully saturated rings. The van der Waals surface area contributed by atoms with Crippen molar-refractivity contribution in [3.8, 4) is 0 Å². The van der Waals surface area contributed by atoms with E-state index >= 15 is 0 Å². The van der Waals surface area contributed by atoms with Crippen molar-refractivity contribution in [2.75, 3.05) is 0 Å². The lowest BCUT2D eigenvalue weighted by atomic mass is 9.74. The van der Waals surface area contributed by atoms with Crippen LogP contribution in [0, 0.1) is 5.41 Å². The van der Waals surface area contributed by atoms with E-state index < -0.39 is 5.60 Å².